The molecule has 108 valence electrons. The summed E-state index contributed by atoms with van der Waals surface area (Å²) >= 11 is 9.93. The van der Waals surface area contributed by atoms with Crippen molar-refractivity contribution in [3.8, 4) is 0 Å². The van der Waals surface area contributed by atoms with Crippen LogP contribution in [-0.4, -0.2) is 6.54 Å². The fourth-order valence-corrected chi connectivity index (χ4v) is 3.59. The predicted octanol–water partition coefficient (Wildman–Crippen LogP) is 5.37. The highest BCUT2D eigenvalue weighted by Crippen LogP contribution is 2.32. The van der Waals surface area contributed by atoms with E-state index in [9.17, 15) is 8.78 Å². The van der Waals surface area contributed by atoms with Gasteiger partial charge < -0.3 is 5.32 Å². The highest BCUT2D eigenvalue weighted by atomic mass is 127. The maximum Gasteiger partial charge on any atom is 0.160 e. The summed E-state index contributed by atoms with van der Waals surface area (Å²) in [6.45, 7) is 2.82. The number of thiophene rings is 1. The number of halogens is 4. The van der Waals surface area contributed by atoms with Crippen molar-refractivity contribution in [1.82, 2.24) is 5.32 Å². The van der Waals surface area contributed by atoms with Crippen molar-refractivity contribution in [2.45, 2.75) is 19.4 Å². The zero-order valence-corrected chi connectivity index (χ0v) is 14.5. The first-order valence-electron chi connectivity index (χ1n) is 6.14. The first-order valence-corrected chi connectivity index (χ1v) is 8.48. The molecule has 1 N–H and O–H groups in total. The third-order valence-corrected chi connectivity index (χ3v) is 5.00. The Labute approximate surface area is 139 Å². The Morgan fingerprint density at radius 3 is 2.60 bits per heavy atom. The number of nitrogens with one attached hydrogen (secondary N) is 1. The van der Waals surface area contributed by atoms with Gasteiger partial charge in [0.2, 0.25) is 0 Å². The molecule has 0 saturated carbocycles. The molecule has 2 rings (SSSR count). The first kappa shape index (κ1) is 16.1. The lowest BCUT2D eigenvalue weighted by Crippen LogP contribution is -2.23. The molecule has 0 bridgehead atoms. The molecule has 1 unspecified atom stereocenters. The average Bonchev–Trinajstić information content (AvgIpc) is 2.82. The largest absolute Gasteiger partial charge is 0.306 e. The summed E-state index contributed by atoms with van der Waals surface area (Å²) < 4.78 is 27.8. The molecule has 1 atom stereocenters. The SMILES string of the molecule is CCCNC(c1csc(I)c1)c1cc(F)c(F)cc1Cl. The summed E-state index contributed by atoms with van der Waals surface area (Å²) in [4.78, 5) is 0. The Morgan fingerprint density at radius 1 is 1.30 bits per heavy atom. The van der Waals surface area contributed by atoms with Gasteiger partial charge in [-0.25, -0.2) is 8.78 Å². The maximum atomic E-state index is 13.5. The van der Waals surface area contributed by atoms with Crippen LogP contribution in [-0.2, 0) is 0 Å². The lowest BCUT2D eigenvalue weighted by Gasteiger charge is -2.19. The zero-order valence-electron chi connectivity index (χ0n) is 10.7. The van der Waals surface area contributed by atoms with E-state index in [1.165, 1.54) is 6.07 Å². The average molecular weight is 428 g/mol. The van der Waals surface area contributed by atoms with Crippen LogP contribution in [0, 0.1) is 14.5 Å². The second-order valence-electron chi connectivity index (χ2n) is 4.36. The molecule has 6 heteroatoms. The van der Waals surface area contributed by atoms with Gasteiger partial charge in [-0.3, -0.25) is 0 Å². The standard InChI is InChI=1S/C14H13ClF2INS/c1-2-3-19-14(8-4-13(18)20-7-8)9-5-11(16)12(17)6-10(9)15/h4-7,14,19H,2-3H2,1H3. The molecule has 0 spiro atoms. The van der Waals surface area contributed by atoms with Crippen molar-refractivity contribution in [2.75, 3.05) is 6.54 Å². The number of rotatable bonds is 5. The minimum Gasteiger partial charge on any atom is -0.306 e. The predicted molar refractivity (Wildman–Crippen MR) is 88.5 cm³/mol. The molecule has 1 aromatic heterocycles. The van der Waals surface area contributed by atoms with Gasteiger partial charge in [-0.2, -0.15) is 0 Å². The molecule has 0 amide bonds. The Bertz CT molecular complexity index is 603. The summed E-state index contributed by atoms with van der Waals surface area (Å²) in [5.74, 6) is -1.80. The quantitative estimate of drug-likeness (QED) is 0.499. The fourth-order valence-electron chi connectivity index (χ4n) is 1.93. The van der Waals surface area contributed by atoms with Crippen molar-refractivity contribution in [3.63, 3.8) is 0 Å². The topological polar surface area (TPSA) is 12.0 Å². The molecule has 0 fully saturated rings. The monoisotopic (exact) mass is 427 g/mol. The van der Waals surface area contributed by atoms with Crippen LogP contribution in [0.25, 0.3) is 0 Å². The van der Waals surface area contributed by atoms with Crippen LogP contribution in [0.1, 0.15) is 30.5 Å². The van der Waals surface area contributed by atoms with Crippen LogP contribution in [0.5, 0.6) is 0 Å². The molecule has 1 nitrogen and oxygen atoms in total. The molecule has 0 saturated heterocycles. The highest BCUT2D eigenvalue weighted by Gasteiger charge is 2.20. The minimum absolute atomic E-state index is 0.225. The second-order valence-corrected chi connectivity index (χ2v) is 7.57. The third kappa shape index (κ3) is 3.69. The van der Waals surface area contributed by atoms with E-state index < -0.39 is 11.6 Å². The van der Waals surface area contributed by atoms with E-state index in [4.69, 9.17) is 11.6 Å². The lowest BCUT2D eigenvalue weighted by atomic mass is 10.0. The molecule has 0 aliphatic carbocycles. The van der Waals surface area contributed by atoms with E-state index >= 15 is 0 Å². The van der Waals surface area contributed by atoms with E-state index in [0.29, 0.717) is 5.56 Å². The van der Waals surface area contributed by atoms with E-state index in [1.54, 1.807) is 11.3 Å². The molecule has 0 radical (unpaired) electrons. The van der Waals surface area contributed by atoms with Gasteiger partial charge in [0.15, 0.2) is 11.6 Å². The summed E-state index contributed by atoms with van der Waals surface area (Å²) in [7, 11) is 0. The van der Waals surface area contributed by atoms with E-state index in [1.807, 2.05) is 18.4 Å². The van der Waals surface area contributed by atoms with Crippen LogP contribution in [0.2, 0.25) is 5.02 Å². The van der Waals surface area contributed by atoms with E-state index in [0.717, 1.165) is 27.5 Å². The maximum absolute atomic E-state index is 13.5. The van der Waals surface area contributed by atoms with Gasteiger partial charge in [0.25, 0.3) is 0 Å². The Hall–Kier alpha value is -0.240. The van der Waals surface area contributed by atoms with Crippen molar-refractivity contribution in [2.24, 2.45) is 0 Å². The summed E-state index contributed by atoms with van der Waals surface area (Å²) in [6, 6.07) is 4.01. The smallest absolute Gasteiger partial charge is 0.160 e. The van der Waals surface area contributed by atoms with Gasteiger partial charge in [0, 0.05) is 5.02 Å². The molecular weight excluding hydrogens is 415 g/mol. The van der Waals surface area contributed by atoms with E-state index in [-0.39, 0.29) is 11.1 Å². The molecule has 1 heterocycles. The van der Waals surface area contributed by atoms with Gasteiger partial charge in [0.05, 0.1) is 8.93 Å². The molecule has 0 aliphatic heterocycles. The van der Waals surface area contributed by atoms with Gasteiger partial charge >= 0.3 is 0 Å². The number of hydrogen-bond donors (Lipinski definition) is 1. The van der Waals surface area contributed by atoms with Gasteiger partial charge in [-0.1, -0.05) is 18.5 Å². The first-order chi connectivity index (χ1) is 9.52. The van der Waals surface area contributed by atoms with Crippen molar-refractivity contribution in [1.29, 1.82) is 0 Å². The Kier molecular flexibility index (Phi) is 5.77. The molecular formula is C14H13ClF2INS. The molecule has 0 aliphatic rings. The van der Waals surface area contributed by atoms with Crippen LogP contribution in [0.3, 0.4) is 0 Å². The van der Waals surface area contributed by atoms with Crippen LogP contribution in [0.15, 0.2) is 23.6 Å². The Balaban J connectivity index is 2.43. The fraction of sp³-hybridized carbons (Fsp3) is 0.286. The number of hydrogen-bond acceptors (Lipinski definition) is 2. The van der Waals surface area contributed by atoms with Gasteiger partial charge in [-0.05, 0) is 70.3 Å². The normalized spacial score (nSPS) is 12.7. The van der Waals surface area contributed by atoms with Crippen LogP contribution >= 0.6 is 45.5 Å². The molecule has 2 aromatic rings. The van der Waals surface area contributed by atoms with Gasteiger partial charge in [0.1, 0.15) is 0 Å². The summed E-state index contributed by atoms with van der Waals surface area (Å²) in [6.07, 6.45) is 0.943. The number of benzene rings is 1. The summed E-state index contributed by atoms with van der Waals surface area (Å²) in [5.41, 5.74) is 1.58. The van der Waals surface area contributed by atoms with Crippen molar-refractivity contribution >= 4 is 45.5 Å². The third-order valence-electron chi connectivity index (χ3n) is 2.87. The van der Waals surface area contributed by atoms with Gasteiger partial charge in [-0.15, -0.1) is 11.3 Å². The molecule has 20 heavy (non-hydrogen) atoms. The van der Waals surface area contributed by atoms with E-state index in [2.05, 4.69) is 27.9 Å². The summed E-state index contributed by atoms with van der Waals surface area (Å²) in [5, 5.41) is 5.57. The highest BCUT2D eigenvalue weighted by molar-refractivity contribution is 14.1. The van der Waals surface area contributed by atoms with Crippen LogP contribution < -0.4 is 5.32 Å². The zero-order chi connectivity index (χ0) is 14.7. The Morgan fingerprint density at radius 2 is 2.00 bits per heavy atom. The van der Waals surface area contributed by atoms with Crippen molar-refractivity contribution < 1.29 is 8.78 Å². The second kappa shape index (κ2) is 7.15. The minimum atomic E-state index is -0.923. The van der Waals surface area contributed by atoms with Crippen LogP contribution in [0.4, 0.5) is 8.78 Å². The van der Waals surface area contributed by atoms with Crippen molar-refractivity contribution in [3.05, 3.63) is 54.2 Å². The lowest BCUT2D eigenvalue weighted by molar-refractivity contribution is 0.503. The molecule has 1 aromatic carbocycles.